The first-order valence-corrected chi connectivity index (χ1v) is 5.56. The minimum atomic E-state index is -5.13. The van der Waals surface area contributed by atoms with Gasteiger partial charge in [0.25, 0.3) is 0 Å². The zero-order valence-electron chi connectivity index (χ0n) is 10.2. The van der Waals surface area contributed by atoms with Crippen LogP contribution in [0, 0.1) is 0 Å². The number of alkyl halides is 3. The van der Waals surface area contributed by atoms with Crippen molar-refractivity contribution in [3.8, 4) is 5.75 Å². The summed E-state index contributed by atoms with van der Waals surface area (Å²) in [6.07, 6.45) is -4.56. The van der Waals surface area contributed by atoms with E-state index in [-0.39, 0.29) is 12.4 Å². The molecule has 7 heteroatoms. The summed E-state index contributed by atoms with van der Waals surface area (Å²) in [6.45, 7) is 1.95. The van der Waals surface area contributed by atoms with Gasteiger partial charge >= 0.3 is 12.1 Å². The summed E-state index contributed by atoms with van der Waals surface area (Å²) in [5.41, 5.74) is 1.01. The molecule has 0 radical (unpaired) electrons. The number of carboxylic acids is 1. The van der Waals surface area contributed by atoms with Gasteiger partial charge in [-0.3, -0.25) is 0 Å². The summed E-state index contributed by atoms with van der Waals surface area (Å²) >= 11 is 0. The Kier molecular flexibility index (Phi) is 4.41. The van der Waals surface area contributed by atoms with Gasteiger partial charge in [-0.1, -0.05) is 25.1 Å². The Morgan fingerprint density at radius 2 is 1.95 bits per heavy atom. The maximum Gasteiger partial charge on any atom is 0.421 e. The molecule has 0 fully saturated rings. The SMILES string of the molecule is CCCOc1ccccc1C(N)(C(=O)O)C(F)(F)F. The maximum absolute atomic E-state index is 13.0. The van der Waals surface area contributed by atoms with Gasteiger partial charge < -0.3 is 15.6 Å². The van der Waals surface area contributed by atoms with E-state index in [0.29, 0.717) is 6.42 Å². The van der Waals surface area contributed by atoms with Crippen LogP contribution in [0.1, 0.15) is 18.9 Å². The fourth-order valence-electron chi connectivity index (χ4n) is 1.52. The Morgan fingerprint density at radius 3 is 2.42 bits per heavy atom. The molecule has 1 aromatic rings. The molecule has 0 heterocycles. The highest BCUT2D eigenvalue weighted by atomic mass is 19.4. The van der Waals surface area contributed by atoms with E-state index in [1.54, 1.807) is 6.92 Å². The van der Waals surface area contributed by atoms with Gasteiger partial charge in [0, 0.05) is 5.56 Å². The fraction of sp³-hybridized carbons (Fsp3) is 0.417. The van der Waals surface area contributed by atoms with Crippen LogP contribution < -0.4 is 10.5 Å². The second-order valence-corrected chi connectivity index (χ2v) is 3.96. The molecule has 0 aromatic heterocycles. The Hall–Kier alpha value is -1.76. The first-order valence-electron chi connectivity index (χ1n) is 5.56. The summed E-state index contributed by atoms with van der Waals surface area (Å²) in [6, 6.07) is 5.01. The third-order valence-corrected chi connectivity index (χ3v) is 2.56. The van der Waals surface area contributed by atoms with Gasteiger partial charge in [0.15, 0.2) is 0 Å². The first kappa shape index (κ1) is 15.3. The van der Waals surface area contributed by atoms with E-state index in [1.807, 2.05) is 0 Å². The van der Waals surface area contributed by atoms with Crippen LogP contribution in [-0.2, 0) is 10.3 Å². The monoisotopic (exact) mass is 277 g/mol. The van der Waals surface area contributed by atoms with Gasteiger partial charge in [-0.25, -0.2) is 4.79 Å². The molecule has 0 aliphatic carbocycles. The smallest absolute Gasteiger partial charge is 0.421 e. The van der Waals surface area contributed by atoms with Crippen molar-refractivity contribution in [1.29, 1.82) is 0 Å². The highest BCUT2D eigenvalue weighted by Crippen LogP contribution is 2.41. The maximum atomic E-state index is 13.0. The van der Waals surface area contributed by atoms with Gasteiger partial charge in [0.2, 0.25) is 5.54 Å². The molecule has 0 spiro atoms. The Balaban J connectivity index is 3.36. The third-order valence-electron chi connectivity index (χ3n) is 2.56. The van der Waals surface area contributed by atoms with Gasteiger partial charge in [0.05, 0.1) is 6.61 Å². The van der Waals surface area contributed by atoms with Crippen LogP contribution in [0.4, 0.5) is 13.2 Å². The van der Waals surface area contributed by atoms with Crippen molar-refractivity contribution in [1.82, 2.24) is 0 Å². The zero-order valence-corrected chi connectivity index (χ0v) is 10.2. The number of carbonyl (C=O) groups is 1. The van der Waals surface area contributed by atoms with Crippen LogP contribution in [0.25, 0.3) is 0 Å². The Labute approximate surface area is 108 Å². The van der Waals surface area contributed by atoms with E-state index < -0.39 is 23.2 Å². The van der Waals surface area contributed by atoms with Crippen molar-refractivity contribution < 1.29 is 27.8 Å². The molecule has 106 valence electrons. The average molecular weight is 277 g/mol. The molecule has 1 rings (SSSR count). The molecule has 1 unspecified atom stereocenters. The molecule has 0 saturated heterocycles. The zero-order chi connectivity index (χ0) is 14.7. The highest BCUT2D eigenvalue weighted by Gasteiger charge is 2.60. The molecule has 1 aromatic carbocycles. The van der Waals surface area contributed by atoms with E-state index in [2.05, 4.69) is 0 Å². The molecule has 3 N–H and O–H groups in total. The molecular weight excluding hydrogens is 263 g/mol. The predicted molar refractivity (Wildman–Crippen MR) is 61.8 cm³/mol. The van der Waals surface area contributed by atoms with Crippen LogP contribution >= 0.6 is 0 Å². The lowest BCUT2D eigenvalue weighted by atomic mass is 9.89. The minimum absolute atomic E-state index is 0.171. The number of nitrogens with two attached hydrogens (primary N) is 1. The van der Waals surface area contributed by atoms with Gasteiger partial charge in [0.1, 0.15) is 5.75 Å². The molecule has 0 saturated carbocycles. The predicted octanol–water partition coefficient (Wildman–Crippen LogP) is 2.28. The lowest BCUT2D eigenvalue weighted by molar-refractivity contribution is -0.205. The number of aliphatic carboxylic acids is 1. The average Bonchev–Trinajstić information content (AvgIpc) is 2.34. The third kappa shape index (κ3) is 2.81. The first-order chi connectivity index (χ1) is 8.75. The largest absolute Gasteiger partial charge is 0.493 e. The van der Waals surface area contributed by atoms with E-state index in [4.69, 9.17) is 15.6 Å². The standard InChI is InChI=1S/C12H14F3NO3/c1-2-7-19-9-6-4-3-5-8(9)11(16,10(17)18)12(13,14)15/h3-6H,2,7,16H2,1H3,(H,17,18). The topological polar surface area (TPSA) is 72.5 Å². The van der Waals surface area contributed by atoms with Crippen LogP contribution in [0.2, 0.25) is 0 Å². The molecule has 0 aliphatic rings. The number of benzene rings is 1. The van der Waals surface area contributed by atoms with E-state index in [9.17, 15) is 18.0 Å². The molecule has 0 amide bonds. The molecule has 19 heavy (non-hydrogen) atoms. The molecule has 0 bridgehead atoms. The van der Waals surface area contributed by atoms with Crippen molar-refractivity contribution in [3.05, 3.63) is 29.8 Å². The van der Waals surface area contributed by atoms with Crippen molar-refractivity contribution in [3.63, 3.8) is 0 Å². The lowest BCUT2D eigenvalue weighted by Gasteiger charge is -2.29. The number of hydrogen-bond donors (Lipinski definition) is 2. The van der Waals surface area contributed by atoms with Crippen molar-refractivity contribution in [2.24, 2.45) is 5.73 Å². The molecule has 0 aliphatic heterocycles. The highest BCUT2D eigenvalue weighted by molar-refractivity contribution is 5.82. The number of para-hydroxylation sites is 1. The normalized spacial score (nSPS) is 14.8. The number of rotatable bonds is 5. The van der Waals surface area contributed by atoms with Crippen LogP contribution in [0.15, 0.2) is 24.3 Å². The quantitative estimate of drug-likeness (QED) is 0.866. The van der Waals surface area contributed by atoms with E-state index in [1.165, 1.54) is 18.2 Å². The summed E-state index contributed by atoms with van der Waals surface area (Å²) in [5, 5.41) is 8.87. The summed E-state index contributed by atoms with van der Waals surface area (Å²) in [7, 11) is 0. The molecule has 4 nitrogen and oxygen atoms in total. The summed E-state index contributed by atoms with van der Waals surface area (Å²) in [4.78, 5) is 11.0. The second-order valence-electron chi connectivity index (χ2n) is 3.96. The van der Waals surface area contributed by atoms with Gasteiger partial charge in [-0.15, -0.1) is 0 Å². The molecule has 1 atom stereocenters. The number of hydrogen-bond acceptors (Lipinski definition) is 3. The minimum Gasteiger partial charge on any atom is -0.493 e. The van der Waals surface area contributed by atoms with Gasteiger partial charge in [-0.05, 0) is 12.5 Å². The van der Waals surface area contributed by atoms with E-state index >= 15 is 0 Å². The Morgan fingerprint density at radius 1 is 1.37 bits per heavy atom. The number of halogens is 3. The van der Waals surface area contributed by atoms with E-state index in [0.717, 1.165) is 6.07 Å². The van der Waals surface area contributed by atoms with Crippen LogP contribution in [-0.4, -0.2) is 23.9 Å². The van der Waals surface area contributed by atoms with Crippen molar-refractivity contribution in [2.45, 2.75) is 25.1 Å². The Bertz CT molecular complexity index is 462. The lowest BCUT2D eigenvalue weighted by Crippen LogP contribution is -2.56. The van der Waals surface area contributed by atoms with Crippen LogP contribution in [0.3, 0.4) is 0 Å². The number of carboxylic acid groups (broad SMARTS) is 1. The van der Waals surface area contributed by atoms with Crippen molar-refractivity contribution in [2.75, 3.05) is 6.61 Å². The summed E-state index contributed by atoms with van der Waals surface area (Å²) in [5.74, 6) is -2.35. The second kappa shape index (κ2) is 5.48. The number of ether oxygens (including phenoxy) is 1. The summed E-state index contributed by atoms with van der Waals surface area (Å²) < 4.78 is 44.1. The molecular formula is C12H14F3NO3. The van der Waals surface area contributed by atoms with Gasteiger partial charge in [-0.2, -0.15) is 13.2 Å². The fourth-order valence-corrected chi connectivity index (χ4v) is 1.52. The van der Waals surface area contributed by atoms with Crippen molar-refractivity contribution >= 4 is 5.97 Å². The van der Waals surface area contributed by atoms with Crippen LogP contribution in [0.5, 0.6) is 5.75 Å².